The van der Waals surface area contributed by atoms with Crippen LogP contribution in [0.4, 0.5) is 16.0 Å². The molecule has 21 heavy (non-hydrogen) atoms. The van der Waals surface area contributed by atoms with E-state index in [4.69, 9.17) is 4.74 Å². The number of nitrogens with one attached hydrogen (secondary N) is 1. The first-order valence-electron chi connectivity index (χ1n) is 6.22. The number of ether oxygens (including phenoxy) is 1. The molecule has 0 bridgehead atoms. The summed E-state index contributed by atoms with van der Waals surface area (Å²) in [5.74, 6) is 0.0768. The van der Waals surface area contributed by atoms with Crippen molar-refractivity contribution in [2.24, 2.45) is 0 Å². The van der Waals surface area contributed by atoms with Crippen LogP contribution in [0.3, 0.4) is 0 Å². The summed E-state index contributed by atoms with van der Waals surface area (Å²) >= 11 is 0. The topological polar surface area (TPSA) is 67.3 Å². The quantitative estimate of drug-likeness (QED) is 0.907. The van der Waals surface area contributed by atoms with Crippen molar-refractivity contribution in [2.45, 2.75) is 0 Å². The zero-order valence-corrected chi connectivity index (χ0v) is 11.7. The van der Waals surface area contributed by atoms with Gasteiger partial charge in [-0.2, -0.15) is 4.98 Å². The minimum atomic E-state index is -0.405. The third-order valence-corrected chi connectivity index (χ3v) is 2.66. The number of hydrogen-bond donors (Lipinski definition) is 1. The molecule has 7 heteroatoms. The van der Waals surface area contributed by atoms with Crippen molar-refractivity contribution >= 4 is 17.5 Å². The van der Waals surface area contributed by atoms with E-state index in [1.165, 1.54) is 25.3 Å². The van der Waals surface area contributed by atoms with Crippen molar-refractivity contribution in [3.8, 4) is 5.88 Å². The molecule has 1 aromatic carbocycles. The smallest absolute Gasteiger partial charge is 0.243 e. The molecule has 1 N–H and O–H groups in total. The Morgan fingerprint density at radius 3 is 2.95 bits per heavy atom. The van der Waals surface area contributed by atoms with Crippen molar-refractivity contribution in [2.75, 3.05) is 30.9 Å². The molecule has 0 aliphatic carbocycles. The third-order valence-electron chi connectivity index (χ3n) is 2.66. The van der Waals surface area contributed by atoms with Crippen LogP contribution in [0.5, 0.6) is 5.88 Å². The van der Waals surface area contributed by atoms with E-state index in [1.807, 2.05) is 0 Å². The van der Waals surface area contributed by atoms with Gasteiger partial charge in [0.05, 0.1) is 13.7 Å². The predicted molar refractivity (Wildman–Crippen MR) is 76.9 cm³/mol. The van der Waals surface area contributed by atoms with Crippen molar-refractivity contribution in [3.05, 3.63) is 42.3 Å². The van der Waals surface area contributed by atoms with Gasteiger partial charge in [0.2, 0.25) is 17.7 Å². The third kappa shape index (κ3) is 4.13. The Labute approximate surface area is 121 Å². The second-order valence-corrected chi connectivity index (χ2v) is 4.31. The first-order valence-corrected chi connectivity index (χ1v) is 6.22. The van der Waals surface area contributed by atoms with Gasteiger partial charge in [-0.3, -0.25) is 4.79 Å². The van der Waals surface area contributed by atoms with E-state index in [0.29, 0.717) is 17.5 Å². The van der Waals surface area contributed by atoms with Crippen LogP contribution in [0.2, 0.25) is 0 Å². The molecule has 0 fully saturated rings. The summed E-state index contributed by atoms with van der Waals surface area (Å²) in [5.41, 5.74) is 0.403. The molecule has 2 rings (SSSR count). The number of methoxy groups -OCH3 is 1. The number of aromatic nitrogens is 2. The van der Waals surface area contributed by atoms with Gasteiger partial charge in [0.25, 0.3) is 0 Å². The number of amides is 1. The Bertz CT molecular complexity index is 636. The van der Waals surface area contributed by atoms with E-state index in [9.17, 15) is 9.18 Å². The summed E-state index contributed by atoms with van der Waals surface area (Å²) in [6.07, 6.45) is 1.54. The van der Waals surface area contributed by atoms with Crippen LogP contribution in [0, 0.1) is 5.82 Å². The van der Waals surface area contributed by atoms with E-state index in [0.717, 1.165) is 0 Å². The predicted octanol–water partition coefficient (Wildman–Crippen LogP) is 1.70. The Kier molecular flexibility index (Phi) is 4.65. The normalized spacial score (nSPS) is 10.0. The summed E-state index contributed by atoms with van der Waals surface area (Å²) in [5, 5.41) is 2.60. The van der Waals surface area contributed by atoms with Crippen molar-refractivity contribution in [1.82, 2.24) is 9.97 Å². The first-order chi connectivity index (χ1) is 10.1. The lowest BCUT2D eigenvalue weighted by molar-refractivity contribution is -0.114. The van der Waals surface area contributed by atoms with Crippen LogP contribution in [0.15, 0.2) is 36.5 Å². The number of likely N-dealkylation sites (N-methyl/N-ethyl adjacent to an activating group) is 1. The van der Waals surface area contributed by atoms with Gasteiger partial charge in [-0.05, 0) is 18.2 Å². The summed E-state index contributed by atoms with van der Waals surface area (Å²) < 4.78 is 18.0. The Balaban J connectivity index is 1.98. The number of halogens is 1. The standard InChI is InChI=1S/C14H15FN4O2/c1-19(14-16-7-6-13(18-14)21-2)9-12(20)17-11-5-3-4-10(15)8-11/h3-8H,9H2,1-2H3,(H,17,20). The highest BCUT2D eigenvalue weighted by Crippen LogP contribution is 2.12. The monoisotopic (exact) mass is 290 g/mol. The molecular formula is C14H15FN4O2. The number of carbonyl (C=O) groups excluding carboxylic acids is 1. The molecule has 1 amide bonds. The first kappa shape index (κ1) is 14.7. The minimum Gasteiger partial charge on any atom is -0.481 e. The number of anilines is 2. The van der Waals surface area contributed by atoms with E-state index < -0.39 is 5.82 Å². The molecule has 0 saturated heterocycles. The Morgan fingerprint density at radius 1 is 1.43 bits per heavy atom. The molecule has 0 aliphatic rings. The molecule has 0 radical (unpaired) electrons. The fraction of sp³-hybridized carbons (Fsp3) is 0.214. The van der Waals surface area contributed by atoms with Gasteiger partial charge in [-0.15, -0.1) is 0 Å². The molecule has 6 nitrogen and oxygen atoms in total. The fourth-order valence-electron chi connectivity index (χ4n) is 1.68. The Morgan fingerprint density at radius 2 is 2.24 bits per heavy atom. The van der Waals surface area contributed by atoms with Gasteiger partial charge in [0, 0.05) is 25.0 Å². The molecule has 0 spiro atoms. The zero-order valence-electron chi connectivity index (χ0n) is 11.7. The van der Waals surface area contributed by atoms with Gasteiger partial charge >= 0.3 is 0 Å². The molecule has 0 atom stereocenters. The van der Waals surface area contributed by atoms with Gasteiger partial charge < -0.3 is 15.0 Å². The number of nitrogens with zero attached hydrogens (tertiary/aromatic N) is 3. The van der Waals surface area contributed by atoms with E-state index in [-0.39, 0.29) is 12.5 Å². The van der Waals surface area contributed by atoms with Gasteiger partial charge in [0.1, 0.15) is 5.82 Å². The molecule has 1 heterocycles. The van der Waals surface area contributed by atoms with Crippen molar-refractivity contribution in [1.29, 1.82) is 0 Å². The highest BCUT2D eigenvalue weighted by Gasteiger charge is 2.11. The zero-order chi connectivity index (χ0) is 15.2. The molecule has 0 saturated carbocycles. The highest BCUT2D eigenvalue weighted by atomic mass is 19.1. The lowest BCUT2D eigenvalue weighted by Crippen LogP contribution is -2.31. The number of carbonyl (C=O) groups is 1. The molecule has 110 valence electrons. The lowest BCUT2D eigenvalue weighted by Gasteiger charge is -2.16. The van der Waals surface area contributed by atoms with Gasteiger partial charge in [-0.25, -0.2) is 9.37 Å². The average Bonchev–Trinajstić information content (AvgIpc) is 2.47. The molecule has 1 aromatic heterocycles. The van der Waals surface area contributed by atoms with Crippen LogP contribution in [-0.2, 0) is 4.79 Å². The summed E-state index contributed by atoms with van der Waals surface area (Å²) in [7, 11) is 3.18. The van der Waals surface area contributed by atoms with Crippen molar-refractivity contribution < 1.29 is 13.9 Å². The molecule has 2 aromatic rings. The van der Waals surface area contributed by atoms with Crippen LogP contribution in [-0.4, -0.2) is 36.6 Å². The summed E-state index contributed by atoms with van der Waals surface area (Å²) in [6, 6.07) is 7.32. The average molecular weight is 290 g/mol. The molecular weight excluding hydrogens is 275 g/mol. The maximum Gasteiger partial charge on any atom is 0.243 e. The minimum absolute atomic E-state index is 0.0314. The highest BCUT2D eigenvalue weighted by molar-refractivity contribution is 5.93. The van der Waals surface area contributed by atoms with E-state index in [1.54, 1.807) is 30.3 Å². The largest absolute Gasteiger partial charge is 0.481 e. The maximum atomic E-state index is 13.0. The SMILES string of the molecule is COc1ccnc(N(C)CC(=O)Nc2cccc(F)c2)n1. The molecule has 0 unspecified atom stereocenters. The van der Waals surface area contributed by atoms with Crippen LogP contribution < -0.4 is 15.0 Å². The number of hydrogen-bond acceptors (Lipinski definition) is 5. The second-order valence-electron chi connectivity index (χ2n) is 4.31. The number of benzene rings is 1. The fourth-order valence-corrected chi connectivity index (χ4v) is 1.68. The van der Waals surface area contributed by atoms with E-state index in [2.05, 4.69) is 15.3 Å². The van der Waals surface area contributed by atoms with E-state index >= 15 is 0 Å². The summed E-state index contributed by atoms with van der Waals surface area (Å²) in [4.78, 5) is 21.6. The van der Waals surface area contributed by atoms with Crippen LogP contribution in [0.1, 0.15) is 0 Å². The van der Waals surface area contributed by atoms with Crippen molar-refractivity contribution in [3.63, 3.8) is 0 Å². The summed E-state index contributed by atoms with van der Waals surface area (Å²) in [6.45, 7) is 0.0314. The Hall–Kier alpha value is -2.70. The molecule has 0 aliphatic heterocycles. The van der Waals surface area contributed by atoms with Gasteiger partial charge in [0.15, 0.2) is 0 Å². The number of rotatable bonds is 5. The maximum absolute atomic E-state index is 13.0. The van der Waals surface area contributed by atoms with Crippen LogP contribution in [0.25, 0.3) is 0 Å². The van der Waals surface area contributed by atoms with Gasteiger partial charge in [-0.1, -0.05) is 6.07 Å². The lowest BCUT2D eigenvalue weighted by atomic mass is 10.3. The second kappa shape index (κ2) is 6.65. The van der Waals surface area contributed by atoms with Crippen LogP contribution >= 0.6 is 0 Å².